The lowest BCUT2D eigenvalue weighted by Gasteiger charge is -2.27. The number of H-pyrrole nitrogens is 1. The minimum Gasteiger partial charge on any atom is -0.350 e. The monoisotopic (exact) mass is 222 g/mol. The summed E-state index contributed by atoms with van der Waals surface area (Å²) in [5.74, 6) is 0.0541. The fraction of sp³-hybridized carbons (Fsp3) is 0.636. The Morgan fingerprint density at radius 2 is 2.38 bits per heavy atom. The summed E-state index contributed by atoms with van der Waals surface area (Å²) in [6.45, 7) is 0.502. The molecule has 5 nitrogen and oxygen atoms in total. The van der Waals surface area contributed by atoms with Gasteiger partial charge in [0.1, 0.15) is 0 Å². The fourth-order valence-corrected chi connectivity index (χ4v) is 2.18. The lowest BCUT2D eigenvalue weighted by molar-refractivity contribution is -0.126. The highest BCUT2D eigenvalue weighted by Gasteiger charge is 2.27. The SMILES string of the molecule is NC1CCCCC1C(=O)NCc1ccn[nH]1. The molecule has 16 heavy (non-hydrogen) atoms. The van der Waals surface area contributed by atoms with Crippen LogP contribution in [-0.2, 0) is 11.3 Å². The summed E-state index contributed by atoms with van der Waals surface area (Å²) in [6, 6.07) is 1.87. The Hall–Kier alpha value is -1.36. The third kappa shape index (κ3) is 2.61. The van der Waals surface area contributed by atoms with Crippen LogP contribution < -0.4 is 11.1 Å². The molecule has 1 aromatic rings. The van der Waals surface area contributed by atoms with Gasteiger partial charge in [-0.1, -0.05) is 12.8 Å². The molecule has 88 valence electrons. The quantitative estimate of drug-likeness (QED) is 0.698. The van der Waals surface area contributed by atoms with Crippen LogP contribution in [0, 0.1) is 5.92 Å². The van der Waals surface area contributed by atoms with E-state index in [1.807, 2.05) is 6.07 Å². The van der Waals surface area contributed by atoms with Gasteiger partial charge < -0.3 is 11.1 Å². The van der Waals surface area contributed by atoms with E-state index in [9.17, 15) is 4.79 Å². The van der Waals surface area contributed by atoms with Crippen LogP contribution >= 0.6 is 0 Å². The van der Waals surface area contributed by atoms with Crippen LogP contribution in [0.4, 0.5) is 0 Å². The summed E-state index contributed by atoms with van der Waals surface area (Å²) in [4.78, 5) is 11.9. The number of aromatic nitrogens is 2. The van der Waals surface area contributed by atoms with E-state index in [-0.39, 0.29) is 17.9 Å². The van der Waals surface area contributed by atoms with Crippen LogP contribution in [0.25, 0.3) is 0 Å². The number of nitrogens with one attached hydrogen (secondary N) is 2. The molecule has 1 aliphatic carbocycles. The standard InChI is InChI=1S/C11H18N4O/c12-10-4-2-1-3-9(10)11(16)13-7-8-5-6-14-15-8/h5-6,9-10H,1-4,7,12H2,(H,13,16)(H,14,15). The van der Waals surface area contributed by atoms with Gasteiger partial charge in [-0.3, -0.25) is 9.89 Å². The van der Waals surface area contributed by atoms with Crippen molar-refractivity contribution in [3.05, 3.63) is 18.0 Å². The molecule has 0 spiro atoms. The van der Waals surface area contributed by atoms with E-state index in [1.165, 1.54) is 0 Å². The summed E-state index contributed by atoms with van der Waals surface area (Å²) in [5.41, 5.74) is 6.86. The van der Waals surface area contributed by atoms with Crippen molar-refractivity contribution in [1.82, 2.24) is 15.5 Å². The molecule has 0 saturated heterocycles. The van der Waals surface area contributed by atoms with E-state index in [2.05, 4.69) is 15.5 Å². The molecule has 1 saturated carbocycles. The Kier molecular flexibility index (Phi) is 3.56. The van der Waals surface area contributed by atoms with E-state index in [0.29, 0.717) is 6.54 Å². The zero-order valence-corrected chi connectivity index (χ0v) is 9.28. The molecule has 5 heteroatoms. The average Bonchev–Trinajstić information content (AvgIpc) is 2.79. The molecule has 1 aliphatic rings. The molecule has 1 aromatic heterocycles. The number of hydrogen-bond acceptors (Lipinski definition) is 3. The molecule has 1 fully saturated rings. The first-order chi connectivity index (χ1) is 7.77. The molecule has 2 atom stereocenters. The van der Waals surface area contributed by atoms with Crippen molar-refractivity contribution in [3.8, 4) is 0 Å². The predicted molar refractivity (Wildman–Crippen MR) is 60.4 cm³/mol. The second-order valence-electron chi connectivity index (χ2n) is 4.35. The number of nitrogens with zero attached hydrogens (tertiary/aromatic N) is 1. The zero-order chi connectivity index (χ0) is 11.4. The molecular formula is C11H18N4O. The minimum absolute atomic E-state index is 0.0170. The number of nitrogens with two attached hydrogens (primary N) is 1. The molecule has 4 N–H and O–H groups in total. The highest BCUT2D eigenvalue weighted by molar-refractivity contribution is 5.79. The lowest BCUT2D eigenvalue weighted by Crippen LogP contribution is -2.43. The summed E-state index contributed by atoms with van der Waals surface area (Å²) in [7, 11) is 0. The van der Waals surface area contributed by atoms with Gasteiger partial charge in [-0.05, 0) is 18.9 Å². The molecule has 0 bridgehead atoms. The van der Waals surface area contributed by atoms with Crippen LogP contribution in [0.15, 0.2) is 12.3 Å². The number of carbonyl (C=O) groups excluding carboxylic acids is 1. The van der Waals surface area contributed by atoms with Crippen molar-refractivity contribution in [2.24, 2.45) is 11.7 Å². The van der Waals surface area contributed by atoms with Crippen LogP contribution in [0.5, 0.6) is 0 Å². The summed E-state index contributed by atoms with van der Waals surface area (Å²) in [6.07, 6.45) is 5.80. The number of rotatable bonds is 3. The minimum atomic E-state index is -0.0170. The first kappa shape index (κ1) is 11.1. The van der Waals surface area contributed by atoms with Gasteiger partial charge in [0.15, 0.2) is 0 Å². The summed E-state index contributed by atoms with van der Waals surface area (Å²) in [5, 5.41) is 9.53. The fourth-order valence-electron chi connectivity index (χ4n) is 2.18. The van der Waals surface area contributed by atoms with Gasteiger partial charge in [-0.2, -0.15) is 5.10 Å². The second kappa shape index (κ2) is 5.12. The number of amides is 1. The summed E-state index contributed by atoms with van der Waals surface area (Å²) >= 11 is 0. The molecule has 0 aromatic carbocycles. The Labute approximate surface area is 94.8 Å². The number of carbonyl (C=O) groups is 1. The Morgan fingerprint density at radius 3 is 3.06 bits per heavy atom. The molecule has 2 rings (SSSR count). The molecule has 2 unspecified atom stereocenters. The molecule has 1 amide bonds. The Bertz CT molecular complexity index is 336. The van der Waals surface area contributed by atoms with Gasteiger partial charge in [0, 0.05) is 12.2 Å². The largest absolute Gasteiger partial charge is 0.350 e. The smallest absolute Gasteiger partial charge is 0.224 e. The molecule has 0 radical (unpaired) electrons. The van der Waals surface area contributed by atoms with Crippen molar-refractivity contribution in [1.29, 1.82) is 0 Å². The van der Waals surface area contributed by atoms with Crippen molar-refractivity contribution >= 4 is 5.91 Å². The maximum Gasteiger partial charge on any atom is 0.224 e. The molecule has 0 aliphatic heterocycles. The average molecular weight is 222 g/mol. The zero-order valence-electron chi connectivity index (χ0n) is 9.28. The van der Waals surface area contributed by atoms with Crippen molar-refractivity contribution in [2.75, 3.05) is 0 Å². The van der Waals surface area contributed by atoms with Crippen molar-refractivity contribution in [2.45, 2.75) is 38.3 Å². The van der Waals surface area contributed by atoms with E-state index >= 15 is 0 Å². The topological polar surface area (TPSA) is 83.8 Å². The van der Waals surface area contributed by atoms with Crippen LogP contribution in [0.2, 0.25) is 0 Å². The van der Waals surface area contributed by atoms with E-state index in [0.717, 1.165) is 31.4 Å². The Morgan fingerprint density at radius 1 is 1.56 bits per heavy atom. The van der Waals surface area contributed by atoms with Crippen LogP contribution in [0.3, 0.4) is 0 Å². The highest BCUT2D eigenvalue weighted by Crippen LogP contribution is 2.22. The Balaban J connectivity index is 1.83. The van der Waals surface area contributed by atoms with E-state index < -0.39 is 0 Å². The first-order valence-corrected chi connectivity index (χ1v) is 5.79. The van der Waals surface area contributed by atoms with Gasteiger partial charge in [0.25, 0.3) is 0 Å². The van der Waals surface area contributed by atoms with Crippen molar-refractivity contribution < 1.29 is 4.79 Å². The highest BCUT2D eigenvalue weighted by atomic mass is 16.1. The third-order valence-corrected chi connectivity index (χ3v) is 3.17. The van der Waals surface area contributed by atoms with Gasteiger partial charge in [-0.15, -0.1) is 0 Å². The van der Waals surface area contributed by atoms with Crippen LogP contribution in [0.1, 0.15) is 31.4 Å². The molecule has 1 heterocycles. The maximum atomic E-state index is 11.9. The van der Waals surface area contributed by atoms with Gasteiger partial charge >= 0.3 is 0 Å². The second-order valence-corrected chi connectivity index (χ2v) is 4.35. The molecular weight excluding hydrogens is 204 g/mol. The summed E-state index contributed by atoms with van der Waals surface area (Å²) < 4.78 is 0. The lowest BCUT2D eigenvalue weighted by atomic mass is 9.84. The van der Waals surface area contributed by atoms with Gasteiger partial charge in [0.2, 0.25) is 5.91 Å². The normalized spacial score (nSPS) is 25.3. The third-order valence-electron chi connectivity index (χ3n) is 3.17. The van der Waals surface area contributed by atoms with Crippen LogP contribution in [-0.4, -0.2) is 22.1 Å². The number of aromatic amines is 1. The maximum absolute atomic E-state index is 11.9. The van der Waals surface area contributed by atoms with Crippen molar-refractivity contribution in [3.63, 3.8) is 0 Å². The van der Waals surface area contributed by atoms with E-state index in [1.54, 1.807) is 6.20 Å². The number of hydrogen-bond donors (Lipinski definition) is 3. The van der Waals surface area contributed by atoms with E-state index in [4.69, 9.17) is 5.73 Å². The first-order valence-electron chi connectivity index (χ1n) is 5.79. The van der Waals surface area contributed by atoms with Gasteiger partial charge in [-0.25, -0.2) is 0 Å². The predicted octanol–water partition coefficient (Wildman–Crippen LogP) is 0.543. The van der Waals surface area contributed by atoms with Gasteiger partial charge in [0.05, 0.1) is 18.2 Å².